The Labute approximate surface area is 132 Å². The van der Waals surface area contributed by atoms with E-state index in [2.05, 4.69) is 15.3 Å². The largest absolute Gasteiger partial charge is 0.478 e. The highest BCUT2D eigenvalue weighted by Gasteiger charge is 2.06. The third-order valence-electron chi connectivity index (χ3n) is 3.20. The van der Waals surface area contributed by atoms with Gasteiger partial charge in [0.25, 0.3) is 0 Å². The number of aromatic nitrogens is 2. The number of nitrogen functional groups attached to an aromatic ring is 1. The first-order valence-electron chi connectivity index (χ1n) is 6.91. The Bertz CT molecular complexity index is 864. The van der Waals surface area contributed by atoms with Gasteiger partial charge in [0, 0.05) is 23.1 Å². The average Bonchev–Trinajstić information content (AvgIpc) is 2.55. The van der Waals surface area contributed by atoms with Crippen LogP contribution in [0.2, 0.25) is 0 Å². The summed E-state index contributed by atoms with van der Waals surface area (Å²) < 4.78 is 0. The lowest BCUT2D eigenvalue weighted by atomic mass is 10.1. The molecule has 0 spiro atoms. The van der Waals surface area contributed by atoms with Crippen molar-refractivity contribution in [2.24, 2.45) is 0 Å². The number of carboxylic acid groups (broad SMARTS) is 1. The normalized spacial score (nSPS) is 10.3. The van der Waals surface area contributed by atoms with Gasteiger partial charge in [0.1, 0.15) is 0 Å². The molecule has 2 aromatic carbocycles. The van der Waals surface area contributed by atoms with Crippen molar-refractivity contribution in [3.8, 4) is 11.3 Å². The molecule has 3 rings (SSSR count). The first kappa shape index (κ1) is 14.5. The second-order valence-electron chi connectivity index (χ2n) is 4.90. The fourth-order valence-corrected chi connectivity index (χ4v) is 2.14. The molecule has 0 amide bonds. The van der Waals surface area contributed by atoms with Gasteiger partial charge in [-0.1, -0.05) is 18.2 Å². The van der Waals surface area contributed by atoms with E-state index in [4.69, 9.17) is 10.8 Å². The maximum Gasteiger partial charge on any atom is 0.335 e. The standard InChI is InChI=1S/C17H14N4O2/c18-13-5-1-3-11(9-13)15-7-8-19-17(21-15)20-14-6-2-4-12(10-14)16(22)23/h1-10H,18H2,(H,22,23)(H,19,20,21). The van der Waals surface area contributed by atoms with Crippen LogP contribution in [0.1, 0.15) is 10.4 Å². The number of aromatic carboxylic acids is 1. The van der Waals surface area contributed by atoms with Crippen LogP contribution < -0.4 is 11.1 Å². The Balaban J connectivity index is 1.88. The van der Waals surface area contributed by atoms with Gasteiger partial charge in [0.15, 0.2) is 0 Å². The number of carbonyl (C=O) groups is 1. The van der Waals surface area contributed by atoms with Gasteiger partial charge < -0.3 is 16.2 Å². The second kappa shape index (κ2) is 6.15. The SMILES string of the molecule is Nc1cccc(-c2ccnc(Nc3cccc(C(=O)O)c3)n2)c1. The van der Waals surface area contributed by atoms with Crippen molar-refractivity contribution in [3.05, 3.63) is 66.4 Å². The van der Waals surface area contributed by atoms with Crippen LogP contribution in [0.25, 0.3) is 11.3 Å². The van der Waals surface area contributed by atoms with Crippen molar-refractivity contribution in [2.45, 2.75) is 0 Å². The lowest BCUT2D eigenvalue weighted by Crippen LogP contribution is -2.00. The number of benzene rings is 2. The first-order chi connectivity index (χ1) is 11.1. The monoisotopic (exact) mass is 306 g/mol. The molecule has 6 heteroatoms. The predicted octanol–water partition coefficient (Wildman–Crippen LogP) is 3.17. The van der Waals surface area contributed by atoms with Gasteiger partial charge in [-0.25, -0.2) is 14.8 Å². The van der Waals surface area contributed by atoms with E-state index >= 15 is 0 Å². The Morgan fingerprint density at radius 3 is 2.70 bits per heavy atom. The molecular weight excluding hydrogens is 292 g/mol. The van der Waals surface area contributed by atoms with Gasteiger partial charge in [0.05, 0.1) is 11.3 Å². The molecule has 1 heterocycles. The zero-order valence-corrected chi connectivity index (χ0v) is 12.1. The van der Waals surface area contributed by atoms with E-state index in [0.29, 0.717) is 17.3 Å². The van der Waals surface area contributed by atoms with E-state index in [9.17, 15) is 4.79 Å². The summed E-state index contributed by atoms with van der Waals surface area (Å²) in [5, 5.41) is 12.0. The van der Waals surface area contributed by atoms with E-state index in [1.165, 1.54) is 12.1 Å². The van der Waals surface area contributed by atoms with Crippen molar-refractivity contribution in [3.63, 3.8) is 0 Å². The third kappa shape index (κ3) is 3.44. The summed E-state index contributed by atoms with van der Waals surface area (Å²) in [6.07, 6.45) is 1.63. The highest BCUT2D eigenvalue weighted by atomic mass is 16.4. The smallest absolute Gasteiger partial charge is 0.335 e. The van der Waals surface area contributed by atoms with Crippen LogP contribution in [0.15, 0.2) is 60.8 Å². The summed E-state index contributed by atoms with van der Waals surface area (Å²) in [5.74, 6) is -0.601. The molecule has 0 bridgehead atoms. The summed E-state index contributed by atoms with van der Waals surface area (Å²) in [4.78, 5) is 19.6. The molecule has 0 saturated heterocycles. The van der Waals surface area contributed by atoms with E-state index in [1.807, 2.05) is 18.2 Å². The van der Waals surface area contributed by atoms with Crippen LogP contribution in [0.5, 0.6) is 0 Å². The molecule has 0 aliphatic heterocycles. The lowest BCUT2D eigenvalue weighted by molar-refractivity contribution is 0.0697. The number of hydrogen-bond donors (Lipinski definition) is 3. The number of carboxylic acids is 1. The topological polar surface area (TPSA) is 101 Å². The molecule has 0 atom stereocenters. The molecule has 4 N–H and O–H groups in total. The molecule has 0 saturated carbocycles. The van der Waals surface area contributed by atoms with Gasteiger partial charge in [-0.05, 0) is 36.4 Å². The van der Waals surface area contributed by atoms with Crippen LogP contribution >= 0.6 is 0 Å². The van der Waals surface area contributed by atoms with E-state index in [-0.39, 0.29) is 5.56 Å². The quantitative estimate of drug-likeness (QED) is 0.640. The molecule has 0 radical (unpaired) electrons. The fourth-order valence-electron chi connectivity index (χ4n) is 2.14. The van der Waals surface area contributed by atoms with Gasteiger partial charge in [-0.15, -0.1) is 0 Å². The summed E-state index contributed by atoms with van der Waals surface area (Å²) in [7, 11) is 0. The number of nitrogens with one attached hydrogen (secondary N) is 1. The Morgan fingerprint density at radius 2 is 1.91 bits per heavy atom. The zero-order valence-electron chi connectivity index (χ0n) is 12.1. The minimum Gasteiger partial charge on any atom is -0.478 e. The first-order valence-corrected chi connectivity index (χ1v) is 6.91. The highest BCUT2D eigenvalue weighted by molar-refractivity contribution is 5.89. The number of nitrogens with two attached hydrogens (primary N) is 1. The van der Waals surface area contributed by atoms with Crippen molar-refractivity contribution in [1.82, 2.24) is 9.97 Å². The van der Waals surface area contributed by atoms with Crippen LogP contribution in [-0.2, 0) is 0 Å². The number of hydrogen-bond acceptors (Lipinski definition) is 5. The van der Waals surface area contributed by atoms with Gasteiger partial charge in [-0.3, -0.25) is 0 Å². The van der Waals surface area contributed by atoms with Gasteiger partial charge in [-0.2, -0.15) is 0 Å². The van der Waals surface area contributed by atoms with Gasteiger partial charge in [0.2, 0.25) is 5.95 Å². The molecule has 23 heavy (non-hydrogen) atoms. The molecule has 0 fully saturated rings. The van der Waals surface area contributed by atoms with E-state index in [1.54, 1.807) is 30.5 Å². The van der Waals surface area contributed by atoms with E-state index < -0.39 is 5.97 Å². The van der Waals surface area contributed by atoms with Gasteiger partial charge >= 0.3 is 5.97 Å². The van der Waals surface area contributed by atoms with Crippen molar-refractivity contribution >= 4 is 23.3 Å². The second-order valence-corrected chi connectivity index (χ2v) is 4.90. The van der Waals surface area contributed by atoms with Crippen molar-refractivity contribution in [2.75, 3.05) is 11.1 Å². The minimum absolute atomic E-state index is 0.196. The Kier molecular flexibility index (Phi) is 3.88. The number of rotatable bonds is 4. The van der Waals surface area contributed by atoms with Crippen molar-refractivity contribution < 1.29 is 9.90 Å². The van der Waals surface area contributed by atoms with Crippen LogP contribution in [-0.4, -0.2) is 21.0 Å². The lowest BCUT2D eigenvalue weighted by Gasteiger charge is -2.07. The highest BCUT2D eigenvalue weighted by Crippen LogP contribution is 2.21. The molecule has 3 aromatic rings. The maximum absolute atomic E-state index is 11.0. The number of nitrogens with zero attached hydrogens (tertiary/aromatic N) is 2. The van der Waals surface area contributed by atoms with Crippen LogP contribution in [0, 0.1) is 0 Å². The summed E-state index contributed by atoms with van der Waals surface area (Å²) >= 11 is 0. The minimum atomic E-state index is -0.983. The Morgan fingerprint density at radius 1 is 1.09 bits per heavy atom. The molecule has 114 valence electrons. The molecular formula is C17H14N4O2. The van der Waals surface area contributed by atoms with Crippen LogP contribution in [0.3, 0.4) is 0 Å². The predicted molar refractivity (Wildman–Crippen MR) is 88.6 cm³/mol. The summed E-state index contributed by atoms with van der Waals surface area (Å²) in [6.45, 7) is 0. The zero-order chi connectivity index (χ0) is 16.2. The fraction of sp³-hybridized carbons (Fsp3) is 0. The maximum atomic E-state index is 11.0. The third-order valence-corrected chi connectivity index (χ3v) is 3.20. The van der Waals surface area contributed by atoms with Crippen LogP contribution in [0.4, 0.5) is 17.3 Å². The number of anilines is 3. The summed E-state index contributed by atoms with van der Waals surface area (Å²) in [6, 6.07) is 15.7. The molecule has 0 aliphatic carbocycles. The average molecular weight is 306 g/mol. The Hall–Kier alpha value is -3.41. The van der Waals surface area contributed by atoms with Crippen molar-refractivity contribution in [1.29, 1.82) is 0 Å². The molecule has 0 aliphatic rings. The molecule has 1 aromatic heterocycles. The summed E-state index contributed by atoms with van der Waals surface area (Å²) in [5.41, 5.74) is 8.86. The molecule has 6 nitrogen and oxygen atoms in total. The molecule has 0 unspecified atom stereocenters. The van der Waals surface area contributed by atoms with E-state index in [0.717, 1.165) is 11.3 Å².